The summed E-state index contributed by atoms with van der Waals surface area (Å²) in [6.45, 7) is 4.38. The van der Waals surface area contributed by atoms with E-state index < -0.39 is 5.54 Å². The highest BCUT2D eigenvalue weighted by atomic mass is 16.5. The lowest BCUT2D eigenvalue weighted by Gasteiger charge is -2.33. The number of guanidine groups is 1. The number of nitrogens with zero attached hydrogens (tertiary/aromatic N) is 2. The van der Waals surface area contributed by atoms with Gasteiger partial charge in [0.05, 0.1) is 18.0 Å². The molecule has 3 aliphatic rings. The van der Waals surface area contributed by atoms with E-state index in [1.165, 1.54) is 0 Å². The number of carbonyl (C=O) groups is 2. The number of rotatable bonds is 5. The summed E-state index contributed by atoms with van der Waals surface area (Å²) >= 11 is 0. The van der Waals surface area contributed by atoms with Gasteiger partial charge in [0.15, 0.2) is 5.96 Å². The SMILES string of the molecule is COCC[C@H]1[C@H](N2C(=O)CC(C)(C)N=C2N)[C@]12C[C@H]2C(N)=O. The third kappa shape index (κ3) is 2.10. The van der Waals surface area contributed by atoms with Crippen LogP contribution in [-0.4, -0.2) is 48.0 Å². The van der Waals surface area contributed by atoms with Gasteiger partial charge in [0.2, 0.25) is 11.8 Å². The summed E-state index contributed by atoms with van der Waals surface area (Å²) in [7, 11) is 1.65. The maximum Gasteiger partial charge on any atom is 0.231 e. The smallest absolute Gasteiger partial charge is 0.231 e. The molecule has 2 amide bonds. The minimum atomic E-state index is -0.464. The van der Waals surface area contributed by atoms with E-state index in [1.54, 1.807) is 12.0 Å². The Morgan fingerprint density at radius 3 is 2.68 bits per heavy atom. The summed E-state index contributed by atoms with van der Waals surface area (Å²) in [5.41, 5.74) is 10.9. The first kappa shape index (κ1) is 15.3. The maximum atomic E-state index is 12.5. The highest BCUT2D eigenvalue weighted by Gasteiger charge is 2.81. The molecular formula is C15H24N4O3. The Kier molecular flexibility index (Phi) is 3.25. The molecule has 0 unspecified atom stereocenters. The van der Waals surface area contributed by atoms with Crippen molar-refractivity contribution >= 4 is 17.8 Å². The van der Waals surface area contributed by atoms with Gasteiger partial charge in [-0.05, 0) is 32.6 Å². The quantitative estimate of drug-likeness (QED) is 0.735. The molecule has 0 aromatic rings. The van der Waals surface area contributed by atoms with Gasteiger partial charge in [0.25, 0.3) is 0 Å². The van der Waals surface area contributed by atoms with Gasteiger partial charge in [-0.2, -0.15) is 0 Å². The van der Waals surface area contributed by atoms with Crippen molar-refractivity contribution in [2.45, 2.75) is 44.7 Å². The van der Waals surface area contributed by atoms with Gasteiger partial charge in [-0.15, -0.1) is 0 Å². The first-order chi connectivity index (χ1) is 10.2. The zero-order valence-corrected chi connectivity index (χ0v) is 13.3. The molecule has 2 fully saturated rings. The molecule has 0 radical (unpaired) electrons. The average molecular weight is 308 g/mol. The Morgan fingerprint density at radius 1 is 1.50 bits per heavy atom. The lowest BCUT2D eigenvalue weighted by atomic mass is 9.99. The lowest BCUT2D eigenvalue weighted by molar-refractivity contribution is -0.130. The minimum Gasteiger partial charge on any atom is -0.385 e. The van der Waals surface area contributed by atoms with Crippen molar-refractivity contribution < 1.29 is 14.3 Å². The van der Waals surface area contributed by atoms with Crippen LogP contribution in [0.4, 0.5) is 0 Å². The fourth-order valence-electron chi connectivity index (χ4n) is 4.29. The summed E-state index contributed by atoms with van der Waals surface area (Å²) in [6, 6.07) is -0.0625. The summed E-state index contributed by atoms with van der Waals surface area (Å²) in [5, 5.41) is 0. The molecule has 22 heavy (non-hydrogen) atoms. The molecule has 1 spiro atoms. The molecule has 2 aliphatic carbocycles. The molecule has 0 aromatic heterocycles. The Balaban J connectivity index is 1.84. The molecule has 3 rings (SSSR count). The van der Waals surface area contributed by atoms with E-state index in [0.29, 0.717) is 13.0 Å². The number of nitrogens with two attached hydrogens (primary N) is 2. The van der Waals surface area contributed by atoms with E-state index in [4.69, 9.17) is 16.2 Å². The Morgan fingerprint density at radius 2 is 2.18 bits per heavy atom. The number of hydrogen-bond acceptors (Lipinski definition) is 5. The number of amides is 2. The first-order valence-corrected chi connectivity index (χ1v) is 7.70. The molecule has 4 atom stereocenters. The average Bonchev–Trinajstić information content (AvgIpc) is 3.24. The van der Waals surface area contributed by atoms with Crippen LogP contribution in [-0.2, 0) is 14.3 Å². The molecule has 7 heteroatoms. The monoisotopic (exact) mass is 308 g/mol. The number of methoxy groups -OCH3 is 1. The fraction of sp³-hybridized carbons (Fsp3) is 0.800. The van der Waals surface area contributed by atoms with E-state index in [1.807, 2.05) is 13.8 Å². The number of primary amides is 1. The molecule has 0 aromatic carbocycles. The normalized spacial score (nSPS) is 38.9. The summed E-state index contributed by atoms with van der Waals surface area (Å²) < 4.78 is 5.15. The van der Waals surface area contributed by atoms with E-state index in [9.17, 15) is 9.59 Å². The van der Waals surface area contributed by atoms with Crippen LogP contribution in [0, 0.1) is 17.3 Å². The molecule has 122 valence electrons. The second-order valence-corrected chi connectivity index (χ2v) is 7.33. The standard InChI is InChI=1S/C15H24N4O3/c1-14(2)7-10(20)19(13(17)18-14)11-8(4-5-22-3)15(11)6-9(15)12(16)21/h8-9,11H,4-7H2,1-3H3,(H2,16,21)(H2,17,18)/t8-,9-,11-,15+/m0/s1. The van der Waals surface area contributed by atoms with E-state index in [-0.39, 0.29) is 41.1 Å². The molecular weight excluding hydrogens is 284 g/mol. The van der Waals surface area contributed by atoms with Crippen molar-refractivity contribution in [3.05, 3.63) is 0 Å². The number of carbonyl (C=O) groups excluding carboxylic acids is 2. The lowest BCUT2D eigenvalue weighted by Crippen LogP contribution is -2.51. The van der Waals surface area contributed by atoms with Crippen molar-refractivity contribution in [2.75, 3.05) is 13.7 Å². The van der Waals surface area contributed by atoms with Crippen LogP contribution in [0.2, 0.25) is 0 Å². The number of hydrogen-bond donors (Lipinski definition) is 2. The molecule has 2 saturated carbocycles. The number of aliphatic imine (C=N–C) groups is 1. The molecule has 4 N–H and O–H groups in total. The van der Waals surface area contributed by atoms with Gasteiger partial charge in [0, 0.05) is 25.0 Å². The predicted molar refractivity (Wildman–Crippen MR) is 80.7 cm³/mol. The summed E-state index contributed by atoms with van der Waals surface area (Å²) in [5.74, 6) is 0.0153. The zero-order valence-electron chi connectivity index (χ0n) is 13.3. The first-order valence-electron chi connectivity index (χ1n) is 7.70. The second kappa shape index (κ2) is 4.68. The largest absolute Gasteiger partial charge is 0.385 e. The van der Waals surface area contributed by atoms with Gasteiger partial charge in [-0.25, -0.2) is 4.99 Å². The predicted octanol–water partition coefficient (Wildman–Crippen LogP) is -0.161. The van der Waals surface area contributed by atoms with Crippen molar-refractivity contribution in [3.8, 4) is 0 Å². The summed E-state index contributed by atoms with van der Waals surface area (Å²) in [4.78, 5) is 30.1. The Hall–Kier alpha value is -1.63. The van der Waals surface area contributed by atoms with E-state index in [2.05, 4.69) is 4.99 Å². The highest BCUT2D eigenvalue weighted by Crippen LogP contribution is 2.77. The summed E-state index contributed by atoms with van der Waals surface area (Å²) in [6.07, 6.45) is 1.87. The van der Waals surface area contributed by atoms with E-state index >= 15 is 0 Å². The zero-order chi connectivity index (χ0) is 16.3. The fourth-order valence-corrected chi connectivity index (χ4v) is 4.29. The van der Waals surface area contributed by atoms with Crippen LogP contribution in [0.25, 0.3) is 0 Å². The minimum absolute atomic E-state index is 0.0167. The van der Waals surface area contributed by atoms with Gasteiger partial charge in [-0.1, -0.05) is 0 Å². The van der Waals surface area contributed by atoms with Crippen LogP contribution in [0.5, 0.6) is 0 Å². The third-order valence-electron chi connectivity index (χ3n) is 5.33. The van der Waals surface area contributed by atoms with Gasteiger partial charge in [0.1, 0.15) is 0 Å². The maximum absolute atomic E-state index is 12.5. The van der Waals surface area contributed by atoms with Gasteiger partial charge in [-0.3, -0.25) is 14.5 Å². The molecule has 1 aliphatic heterocycles. The van der Waals surface area contributed by atoms with E-state index in [0.717, 1.165) is 12.8 Å². The van der Waals surface area contributed by atoms with Crippen LogP contribution in [0.3, 0.4) is 0 Å². The number of ether oxygens (including phenoxy) is 1. The van der Waals surface area contributed by atoms with Crippen molar-refractivity contribution in [1.82, 2.24) is 4.90 Å². The molecule has 0 saturated heterocycles. The van der Waals surface area contributed by atoms with Crippen LogP contribution >= 0.6 is 0 Å². The Bertz CT molecular complexity index is 559. The van der Waals surface area contributed by atoms with Crippen LogP contribution in [0.1, 0.15) is 33.1 Å². The van der Waals surface area contributed by atoms with Crippen LogP contribution < -0.4 is 11.5 Å². The van der Waals surface area contributed by atoms with Crippen molar-refractivity contribution in [2.24, 2.45) is 33.7 Å². The molecule has 0 bridgehead atoms. The Labute approximate surface area is 130 Å². The van der Waals surface area contributed by atoms with Crippen LogP contribution in [0.15, 0.2) is 4.99 Å². The highest BCUT2D eigenvalue weighted by molar-refractivity contribution is 6.00. The van der Waals surface area contributed by atoms with Gasteiger partial charge < -0.3 is 16.2 Å². The van der Waals surface area contributed by atoms with Gasteiger partial charge >= 0.3 is 0 Å². The second-order valence-electron chi connectivity index (χ2n) is 7.33. The molecule has 1 heterocycles. The topological polar surface area (TPSA) is 111 Å². The molecule has 7 nitrogen and oxygen atoms in total. The van der Waals surface area contributed by atoms with Crippen molar-refractivity contribution in [3.63, 3.8) is 0 Å². The third-order valence-corrected chi connectivity index (χ3v) is 5.33. The van der Waals surface area contributed by atoms with Crippen molar-refractivity contribution in [1.29, 1.82) is 0 Å².